The number of hydrogen-bond donors (Lipinski definition) is 1. The first-order chi connectivity index (χ1) is 9.69. The maximum Gasteiger partial charge on any atom is 0.192 e. The molecule has 0 fully saturated rings. The van der Waals surface area contributed by atoms with Gasteiger partial charge in [0.15, 0.2) is 11.3 Å². The van der Waals surface area contributed by atoms with Crippen molar-refractivity contribution in [1.82, 2.24) is 14.5 Å². The fourth-order valence-corrected chi connectivity index (χ4v) is 2.09. The van der Waals surface area contributed by atoms with E-state index in [0.29, 0.717) is 16.9 Å². The molecule has 0 saturated carbocycles. The van der Waals surface area contributed by atoms with Crippen molar-refractivity contribution in [3.05, 3.63) is 52.9 Å². The summed E-state index contributed by atoms with van der Waals surface area (Å²) in [5, 5.41) is 9.82. The van der Waals surface area contributed by atoms with Gasteiger partial charge in [-0.15, -0.1) is 0 Å². The number of aryl methyl sites for hydroxylation is 1. The summed E-state index contributed by atoms with van der Waals surface area (Å²) in [6, 6.07) is 8.18. The van der Waals surface area contributed by atoms with Gasteiger partial charge in [0, 0.05) is 30.6 Å². The van der Waals surface area contributed by atoms with Crippen LogP contribution < -0.4 is 5.43 Å². The summed E-state index contributed by atoms with van der Waals surface area (Å²) in [7, 11) is 0. The van der Waals surface area contributed by atoms with Crippen LogP contribution in [0.4, 0.5) is 0 Å². The monoisotopic (exact) mass is 267 g/mol. The van der Waals surface area contributed by atoms with E-state index in [9.17, 15) is 9.90 Å². The minimum Gasteiger partial charge on any atom is -0.508 e. The van der Waals surface area contributed by atoms with E-state index in [1.807, 2.05) is 11.5 Å². The molecule has 0 spiro atoms. The lowest BCUT2D eigenvalue weighted by Crippen LogP contribution is -2.09. The molecule has 2 heterocycles. The molecule has 1 aromatic carbocycles. The molecule has 0 amide bonds. The Morgan fingerprint density at radius 3 is 2.65 bits per heavy atom. The molecule has 2 aromatic heterocycles. The van der Waals surface area contributed by atoms with Crippen LogP contribution in [0.25, 0.3) is 22.4 Å². The lowest BCUT2D eigenvalue weighted by atomic mass is 10.2. The normalized spacial score (nSPS) is 10.8. The van der Waals surface area contributed by atoms with Gasteiger partial charge in [-0.1, -0.05) is 0 Å². The molecule has 3 rings (SSSR count). The number of phenols is 1. The first-order valence-corrected chi connectivity index (χ1v) is 6.34. The minimum absolute atomic E-state index is 0.0815. The van der Waals surface area contributed by atoms with Crippen molar-refractivity contribution in [3.63, 3.8) is 0 Å². The van der Waals surface area contributed by atoms with Crippen LogP contribution in [-0.4, -0.2) is 19.6 Å². The van der Waals surface area contributed by atoms with Gasteiger partial charge in [0.1, 0.15) is 11.4 Å². The van der Waals surface area contributed by atoms with Crippen LogP contribution in [-0.2, 0) is 6.54 Å². The molecule has 1 N–H and O–H groups in total. The van der Waals surface area contributed by atoms with Gasteiger partial charge in [-0.2, -0.15) is 0 Å². The highest BCUT2D eigenvalue weighted by Crippen LogP contribution is 2.19. The number of phenolic OH excluding ortho intramolecular Hbond substituents is 1. The number of pyridine rings is 1. The molecule has 0 radical (unpaired) electrons. The van der Waals surface area contributed by atoms with Crippen LogP contribution in [0.1, 0.15) is 6.92 Å². The third-order valence-corrected chi connectivity index (χ3v) is 3.18. The summed E-state index contributed by atoms with van der Waals surface area (Å²) in [4.78, 5) is 20.5. The van der Waals surface area contributed by atoms with Gasteiger partial charge < -0.3 is 9.67 Å². The first kappa shape index (κ1) is 12.3. The van der Waals surface area contributed by atoms with Gasteiger partial charge in [0.05, 0.1) is 5.39 Å². The zero-order valence-corrected chi connectivity index (χ0v) is 10.9. The Labute approximate surface area is 115 Å². The van der Waals surface area contributed by atoms with E-state index in [0.717, 1.165) is 12.1 Å². The third-order valence-electron chi connectivity index (χ3n) is 3.18. The Morgan fingerprint density at radius 1 is 1.20 bits per heavy atom. The standard InChI is InChI=1S/C15H13N3O2/c1-2-18-8-7-13(20)12-9-16-14(17-15(12)18)10-3-5-11(19)6-4-10/h3-9,19H,2H2,1H3. The van der Waals surface area contributed by atoms with Crippen LogP contribution >= 0.6 is 0 Å². The average Bonchev–Trinajstić information content (AvgIpc) is 2.48. The van der Waals surface area contributed by atoms with E-state index in [2.05, 4.69) is 9.97 Å². The smallest absolute Gasteiger partial charge is 0.192 e. The first-order valence-electron chi connectivity index (χ1n) is 6.34. The van der Waals surface area contributed by atoms with E-state index in [1.54, 1.807) is 36.7 Å². The topological polar surface area (TPSA) is 68.0 Å². The fraction of sp³-hybridized carbons (Fsp3) is 0.133. The molecule has 0 aliphatic rings. The molecule has 100 valence electrons. The second-order valence-corrected chi connectivity index (χ2v) is 4.44. The van der Waals surface area contributed by atoms with Crippen molar-refractivity contribution < 1.29 is 5.11 Å². The Bertz CT molecular complexity index is 823. The van der Waals surface area contributed by atoms with E-state index < -0.39 is 0 Å². The maximum atomic E-state index is 11.8. The highest BCUT2D eigenvalue weighted by Gasteiger charge is 2.07. The second-order valence-electron chi connectivity index (χ2n) is 4.44. The number of nitrogens with zero attached hydrogens (tertiary/aromatic N) is 3. The largest absolute Gasteiger partial charge is 0.508 e. The molecule has 0 aliphatic carbocycles. The van der Waals surface area contributed by atoms with Gasteiger partial charge in [-0.3, -0.25) is 4.79 Å². The lowest BCUT2D eigenvalue weighted by molar-refractivity contribution is 0.475. The molecule has 0 unspecified atom stereocenters. The Kier molecular flexibility index (Phi) is 2.95. The van der Waals surface area contributed by atoms with E-state index >= 15 is 0 Å². The second kappa shape index (κ2) is 4.77. The molecule has 20 heavy (non-hydrogen) atoms. The summed E-state index contributed by atoms with van der Waals surface area (Å²) in [6.07, 6.45) is 3.29. The van der Waals surface area contributed by atoms with Crippen molar-refractivity contribution in [3.8, 4) is 17.1 Å². The number of aromatic nitrogens is 3. The summed E-state index contributed by atoms with van der Waals surface area (Å²) in [5.41, 5.74) is 1.34. The molecule has 5 heteroatoms. The van der Waals surface area contributed by atoms with Crippen molar-refractivity contribution >= 4 is 11.0 Å². The highest BCUT2D eigenvalue weighted by molar-refractivity contribution is 5.76. The molecule has 5 nitrogen and oxygen atoms in total. The summed E-state index contributed by atoms with van der Waals surface area (Å²) in [6.45, 7) is 2.72. The number of benzene rings is 1. The van der Waals surface area contributed by atoms with Gasteiger partial charge in [0.25, 0.3) is 0 Å². The minimum atomic E-state index is -0.0815. The van der Waals surface area contributed by atoms with E-state index in [4.69, 9.17) is 0 Å². The van der Waals surface area contributed by atoms with Crippen molar-refractivity contribution in [2.75, 3.05) is 0 Å². The Balaban J connectivity index is 2.24. The number of fused-ring (bicyclic) bond motifs is 1. The van der Waals surface area contributed by atoms with E-state index in [-0.39, 0.29) is 11.2 Å². The Hall–Kier alpha value is -2.69. The van der Waals surface area contributed by atoms with Crippen LogP contribution in [0.3, 0.4) is 0 Å². The molecule has 0 atom stereocenters. The predicted molar refractivity (Wildman–Crippen MR) is 76.6 cm³/mol. The molecule has 3 aromatic rings. The molecule has 0 aliphatic heterocycles. The summed E-state index contributed by atoms with van der Waals surface area (Å²) < 4.78 is 1.91. The van der Waals surface area contributed by atoms with Gasteiger partial charge in [-0.25, -0.2) is 9.97 Å². The van der Waals surface area contributed by atoms with E-state index in [1.165, 1.54) is 6.07 Å². The van der Waals surface area contributed by atoms with Crippen LogP contribution in [0.2, 0.25) is 0 Å². The van der Waals surface area contributed by atoms with Crippen molar-refractivity contribution in [2.45, 2.75) is 13.5 Å². The quantitative estimate of drug-likeness (QED) is 0.772. The van der Waals surface area contributed by atoms with Crippen LogP contribution in [0.15, 0.2) is 47.5 Å². The summed E-state index contributed by atoms with van der Waals surface area (Å²) >= 11 is 0. The van der Waals surface area contributed by atoms with Crippen LogP contribution in [0, 0.1) is 0 Å². The third kappa shape index (κ3) is 2.03. The number of aromatic hydroxyl groups is 1. The molecule has 0 bridgehead atoms. The number of rotatable bonds is 2. The SMILES string of the molecule is CCn1ccc(=O)c2cnc(-c3ccc(O)cc3)nc21. The van der Waals surface area contributed by atoms with Gasteiger partial charge >= 0.3 is 0 Å². The van der Waals surface area contributed by atoms with Crippen molar-refractivity contribution in [1.29, 1.82) is 0 Å². The lowest BCUT2D eigenvalue weighted by Gasteiger charge is -2.08. The zero-order chi connectivity index (χ0) is 14.1. The maximum absolute atomic E-state index is 11.8. The van der Waals surface area contributed by atoms with Crippen LogP contribution in [0.5, 0.6) is 5.75 Å². The predicted octanol–water partition coefficient (Wildman–Crippen LogP) is 2.18. The molecular formula is C15H13N3O2. The van der Waals surface area contributed by atoms with Gasteiger partial charge in [0.2, 0.25) is 0 Å². The zero-order valence-electron chi connectivity index (χ0n) is 10.9. The van der Waals surface area contributed by atoms with Crippen molar-refractivity contribution in [2.24, 2.45) is 0 Å². The molecular weight excluding hydrogens is 254 g/mol. The highest BCUT2D eigenvalue weighted by atomic mass is 16.3. The number of hydrogen-bond acceptors (Lipinski definition) is 4. The fourth-order valence-electron chi connectivity index (χ4n) is 2.09. The average molecular weight is 267 g/mol. The summed E-state index contributed by atoms with van der Waals surface area (Å²) in [5.74, 6) is 0.727. The van der Waals surface area contributed by atoms with Gasteiger partial charge in [-0.05, 0) is 31.2 Å². The Morgan fingerprint density at radius 2 is 1.95 bits per heavy atom. The molecule has 0 saturated heterocycles.